The Kier molecular flexibility index (Phi) is 4.73. The molecular weight excluding hydrogens is 306 g/mol. The Morgan fingerprint density at radius 3 is 2.50 bits per heavy atom. The zero-order valence-electron chi connectivity index (χ0n) is 14.5. The second-order valence-corrected chi connectivity index (χ2v) is 6.77. The highest BCUT2D eigenvalue weighted by atomic mass is 16.5. The highest BCUT2D eigenvalue weighted by molar-refractivity contribution is 5.94. The van der Waals surface area contributed by atoms with Crippen molar-refractivity contribution in [2.24, 2.45) is 0 Å². The van der Waals surface area contributed by atoms with Crippen molar-refractivity contribution < 1.29 is 14.3 Å². The van der Waals surface area contributed by atoms with Crippen LogP contribution in [0.3, 0.4) is 0 Å². The number of carbonyl (C=O) groups excluding carboxylic acids is 2. The van der Waals surface area contributed by atoms with Gasteiger partial charge in [0.05, 0.1) is 18.2 Å². The molecule has 6 nitrogen and oxygen atoms in total. The van der Waals surface area contributed by atoms with Gasteiger partial charge in [-0.25, -0.2) is 4.98 Å². The maximum absolute atomic E-state index is 12.8. The Morgan fingerprint density at radius 1 is 1.17 bits per heavy atom. The molecule has 2 aliphatic rings. The highest BCUT2D eigenvalue weighted by Crippen LogP contribution is 2.37. The first-order chi connectivity index (χ1) is 11.6. The van der Waals surface area contributed by atoms with E-state index < -0.39 is 0 Å². The summed E-state index contributed by atoms with van der Waals surface area (Å²) in [5.41, 5.74) is 0.385. The summed E-state index contributed by atoms with van der Waals surface area (Å²) in [5, 5.41) is 0. The van der Waals surface area contributed by atoms with Gasteiger partial charge < -0.3 is 14.5 Å². The molecule has 0 bridgehead atoms. The molecule has 24 heavy (non-hydrogen) atoms. The van der Waals surface area contributed by atoms with Crippen LogP contribution in [-0.2, 0) is 4.79 Å². The van der Waals surface area contributed by atoms with Gasteiger partial charge in [-0.2, -0.15) is 0 Å². The van der Waals surface area contributed by atoms with Crippen molar-refractivity contribution in [3.63, 3.8) is 0 Å². The summed E-state index contributed by atoms with van der Waals surface area (Å²) in [7, 11) is 1.55. The van der Waals surface area contributed by atoms with Crippen LogP contribution in [0.5, 0.6) is 5.88 Å². The maximum atomic E-state index is 12.8. The SMILES string of the molecule is COc1ccc(C(=O)N2CCN(C(C)=O)C3(CCCCC3)C2)cn1. The summed E-state index contributed by atoms with van der Waals surface area (Å²) in [6.45, 7) is 3.45. The second kappa shape index (κ2) is 6.79. The minimum Gasteiger partial charge on any atom is -0.481 e. The van der Waals surface area contributed by atoms with E-state index in [1.807, 2.05) is 9.80 Å². The van der Waals surface area contributed by atoms with Crippen molar-refractivity contribution in [1.29, 1.82) is 0 Å². The van der Waals surface area contributed by atoms with Crippen LogP contribution in [0.4, 0.5) is 0 Å². The monoisotopic (exact) mass is 331 g/mol. The highest BCUT2D eigenvalue weighted by Gasteiger charge is 2.44. The number of aromatic nitrogens is 1. The predicted octanol–water partition coefficient (Wildman–Crippen LogP) is 2.10. The largest absolute Gasteiger partial charge is 0.481 e. The Bertz CT molecular complexity index is 608. The molecule has 2 amide bonds. The van der Waals surface area contributed by atoms with Crippen molar-refractivity contribution in [3.8, 4) is 5.88 Å². The van der Waals surface area contributed by atoms with E-state index >= 15 is 0 Å². The fraction of sp³-hybridized carbons (Fsp3) is 0.611. The van der Waals surface area contributed by atoms with Gasteiger partial charge in [0.2, 0.25) is 11.8 Å². The van der Waals surface area contributed by atoms with Crippen LogP contribution in [0, 0.1) is 0 Å². The van der Waals surface area contributed by atoms with E-state index in [-0.39, 0.29) is 17.4 Å². The Labute approximate surface area is 142 Å². The number of carbonyl (C=O) groups is 2. The van der Waals surface area contributed by atoms with Crippen LogP contribution in [0.25, 0.3) is 0 Å². The van der Waals surface area contributed by atoms with Gasteiger partial charge in [0.15, 0.2) is 0 Å². The van der Waals surface area contributed by atoms with Crippen LogP contribution in [0.2, 0.25) is 0 Å². The fourth-order valence-electron chi connectivity index (χ4n) is 4.09. The summed E-state index contributed by atoms with van der Waals surface area (Å²) in [4.78, 5) is 32.9. The lowest BCUT2D eigenvalue weighted by Crippen LogP contribution is -2.65. The van der Waals surface area contributed by atoms with E-state index in [2.05, 4.69) is 4.98 Å². The quantitative estimate of drug-likeness (QED) is 0.832. The predicted molar refractivity (Wildman–Crippen MR) is 89.9 cm³/mol. The Morgan fingerprint density at radius 2 is 1.92 bits per heavy atom. The number of ether oxygens (including phenoxy) is 1. The summed E-state index contributed by atoms with van der Waals surface area (Å²) in [6, 6.07) is 3.45. The van der Waals surface area contributed by atoms with Crippen molar-refractivity contribution >= 4 is 11.8 Å². The number of rotatable bonds is 2. The third-order valence-corrected chi connectivity index (χ3v) is 5.30. The lowest BCUT2D eigenvalue weighted by molar-refractivity contribution is -0.141. The average Bonchev–Trinajstić information content (AvgIpc) is 2.61. The summed E-state index contributed by atoms with van der Waals surface area (Å²) in [6.07, 6.45) is 6.98. The van der Waals surface area contributed by atoms with Crippen molar-refractivity contribution in [2.75, 3.05) is 26.7 Å². The van der Waals surface area contributed by atoms with Gasteiger partial charge in [-0.3, -0.25) is 9.59 Å². The molecule has 1 saturated heterocycles. The lowest BCUT2D eigenvalue weighted by Gasteiger charge is -2.52. The van der Waals surface area contributed by atoms with Gasteiger partial charge in [0, 0.05) is 38.8 Å². The molecule has 1 aromatic heterocycles. The molecule has 0 atom stereocenters. The first kappa shape index (κ1) is 16.7. The smallest absolute Gasteiger partial charge is 0.255 e. The molecule has 6 heteroatoms. The van der Waals surface area contributed by atoms with Crippen molar-refractivity contribution in [1.82, 2.24) is 14.8 Å². The standard InChI is InChI=1S/C18H25N3O3/c1-14(22)21-11-10-20(13-18(21)8-4-3-5-9-18)17(23)15-6-7-16(24-2)19-12-15/h6-7,12H,3-5,8-11,13H2,1-2H3. The normalized spacial score (nSPS) is 20.1. The van der Waals surface area contributed by atoms with E-state index in [0.29, 0.717) is 31.1 Å². The maximum Gasteiger partial charge on any atom is 0.255 e. The number of nitrogens with zero attached hydrogens (tertiary/aromatic N) is 3. The molecule has 1 aliphatic heterocycles. The molecule has 0 unspecified atom stereocenters. The molecule has 1 aromatic rings. The molecule has 1 spiro atoms. The second-order valence-electron chi connectivity index (χ2n) is 6.77. The molecule has 2 fully saturated rings. The molecule has 1 saturated carbocycles. The summed E-state index contributed by atoms with van der Waals surface area (Å²) >= 11 is 0. The molecule has 1 aliphatic carbocycles. The van der Waals surface area contributed by atoms with Gasteiger partial charge in [-0.1, -0.05) is 19.3 Å². The van der Waals surface area contributed by atoms with E-state index in [4.69, 9.17) is 4.74 Å². The van der Waals surface area contributed by atoms with E-state index in [9.17, 15) is 9.59 Å². The summed E-state index contributed by atoms with van der Waals surface area (Å²) < 4.78 is 5.04. The lowest BCUT2D eigenvalue weighted by atomic mass is 9.78. The topological polar surface area (TPSA) is 62.7 Å². The van der Waals surface area contributed by atoms with E-state index in [1.165, 1.54) is 6.42 Å². The van der Waals surface area contributed by atoms with Crippen LogP contribution in [0.1, 0.15) is 49.4 Å². The fourth-order valence-corrected chi connectivity index (χ4v) is 4.09. The van der Waals surface area contributed by atoms with Gasteiger partial charge in [-0.15, -0.1) is 0 Å². The third kappa shape index (κ3) is 3.09. The van der Waals surface area contributed by atoms with Gasteiger partial charge >= 0.3 is 0 Å². The van der Waals surface area contributed by atoms with Crippen LogP contribution >= 0.6 is 0 Å². The van der Waals surface area contributed by atoms with Crippen LogP contribution < -0.4 is 4.74 Å². The van der Waals surface area contributed by atoms with Gasteiger partial charge in [-0.05, 0) is 18.9 Å². The molecule has 0 N–H and O–H groups in total. The number of methoxy groups -OCH3 is 1. The van der Waals surface area contributed by atoms with Crippen molar-refractivity contribution in [3.05, 3.63) is 23.9 Å². The number of pyridine rings is 1. The zero-order chi connectivity index (χ0) is 17.2. The Hall–Kier alpha value is -2.11. The average molecular weight is 331 g/mol. The van der Waals surface area contributed by atoms with Gasteiger partial charge in [0.1, 0.15) is 0 Å². The molecule has 3 rings (SSSR count). The van der Waals surface area contributed by atoms with Crippen LogP contribution in [0.15, 0.2) is 18.3 Å². The Balaban J connectivity index is 1.79. The molecular formula is C18H25N3O3. The van der Waals surface area contributed by atoms with Crippen molar-refractivity contribution in [2.45, 2.75) is 44.6 Å². The first-order valence-corrected chi connectivity index (χ1v) is 8.63. The molecule has 0 aromatic carbocycles. The molecule has 2 heterocycles. The molecule has 130 valence electrons. The third-order valence-electron chi connectivity index (χ3n) is 5.30. The molecule has 0 radical (unpaired) electrons. The number of hydrogen-bond acceptors (Lipinski definition) is 4. The van der Waals surface area contributed by atoms with E-state index in [1.54, 1.807) is 32.4 Å². The van der Waals surface area contributed by atoms with Gasteiger partial charge in [0.25, 0.3) is 5.91 Å². The number of piperazine rings is 1. The number of amides is 2. The zero-order valence-corrected chi connectivity index (χ0v) is 14.5. The first-order valence-electron chi connectivity index (χ1n) is 8.63. The van der Waals surface area contributed by atoms with E-state index in [0.717, 1.165) is 25.7 Å². The minimum atomic E-state index is -0.183. The van der Waals surface area contributed by atoms with Crippen LogP contribution in [-0.4, -0.2) is 58.9 Å². The minimum absolute atomic E-state index is 0.0155. The number of hydrogen-bond donors (Lipinski definition) is 0. The summed E-state index contributed by atoms with van der Waals surface area (Å²) in [5.74, 6) is 0.602.